The highest BCUT2D eigenvalue weighted by Gasteiger charge is 2.20. The van der Waals surface area contributed by atoms with E-state index in [-0.39, 0.29) is 0 Å². The van der Waals surface area contributed by atoms with Crippen LogP contribution >= 0.6 is 0 Å². The number of rotatable bonds is 6. The van der Waals surface area contributed by atoms with Gasteiger partial charge in [-0.2, -0.15) is 0 Å². The number of nitrogens with one attached hydrogen (secondary N) is 1. The summed E-state index contributed by atoms with van der Waals surface area (Å²) in [5.41, 5.74) is 16.4. The van der Waals surface area contributed by atoms with Crippen molar-refractivity contribution >= 4 is 22.6 Å². The smallest absolute Gasteiger partial charge is 0.165 e. The van der Waals surface area contributed by atoms with Crippen molar-refractivity contribution in [3.05, 3.63) is 84.2 Å². The number of nitrogens with zero attached hydrogens (tertiary/aromatic N) is 6. The molecule has 188 valence electrons. The Hall–Kier alpha value is -3.85. The number of allylic oxidation sites excluding steroid dienone is 4. The van der Waals surface area contributed by atoms with Crippen molar-refractivity contribution in [2.45, 2.75) is 19.4 Å². The van der Waals surface area contributed by atoms with E-state index < -0.39 is 0 Å². The number of hydrogen-bond acceptors (Lipinski definition) is 7. The number of fused-ring (bicyclic) bond motifs is 1. The van der Waals surface area contributed by atoms with E-state index in [0.717, 1.165) is 85.1 Å². The lowest BCUT2D eigenvalue weighted by Gasteiger charge is -2.34. The van der Waals surface area contributed by atoms with Crippen molar-refractivity contribution in [2.75, 3.05) is 39.0 Å². The van der Waals surface area contributed by atoms with Crippen LogP contribution in [0.4, 0.5) is 5.82 Å². The maximum absolute atomic E-state index is 6.30. The average Bonchev–Trinajstić information content (AvgIpc) is 3.33. The van der Waals surface area contributed by atoms with Crippen molar-refractivity contribution in [1.29, 1.82) is 0 Å². The Bertz CT molecular complexity index is 1460. The molecule has 0 radical (unpaired) electrons. The van der Waals surface area contributed by atoms with Gasteiger partial charge in [0.05, 0.1) is 11.3 Å². The van der Waals surface area contributed by atoms with Gasteiger partial charge in [-0.1, -0.05) is 30.4 Å². The lowest BCUT2D eigenvalue weighted by molar-refractivity contribution is 0.0947. The zero-order chi connectivity index (χ0) is 25.2. The first-order chi connectivity index (χ1) is 18.2. The summed E-state index contributed by atoms with van der Waals surface area (Å²) >= 11 is 0. The molecule has 1 saturated heterocycles. The van der Waals surface area contributed by atoms with E-state index in [2.05, 4.69) is 73.4 Å². The number of imidazole rings is 1. The van der Waals surface area contributed by atoms with Crippen LogP contribution < -0.4 is 11.2 Å². The van der Waals surface area contributed by atoms with Gasteiger partial charge in [0.1, 0.15) is 11.3 Å². The van der Waals surface area contributed by atoms with Crippen LogP contribution in [0.5, 0.6) is 0 Å². The predicted octanol–water partition coefficient (Wildman–Crippen LogP) is 4.05. The summed E-state index contributed by atoms with van der Waals surface area (Å²) in [7, 11) is 1.99. The molecule has 0 spiro atoms. The molecule has 8 nitrogen and oxygen atoms in total. The third-order valence-electron chi connectivity index (χ3n) is 7.16. The van der Waals surface area contributed by atoms with Gasteiger partial charge < -0.3 is 5.73 Å². The van der Waals surface area contributed by atoms with E-state index >= 15 is 0 Å². The topological polar surface area (TPSA) is 88.1 Å². The highest BCUT2D eigenvalue weighted by atomic mass is 15.5. The summed E-state index contributed by atoms with van der Waals surface area (Å²) in [6.45, 7) is 5.11. The summed E-state index contributed by atoms with van der Waals surface area (Å²) in [4.78, 5) is 16.9. The zero-order valence-corrected chi connectivity index (χ0v) is 21.1. The van der Waals surface area contributed by atoms with E-state index in [4.69, 9.17) is 15.7 Å². The quantitative estimate of drug-likeness (QED) is 0.420. The molecular weight excluding hydrogens is 460 g/mol. The van der Waals surface area contributed by atoms with Crippen LogP contribution in [0.15, 0.2) is 73.0 Å². The minimum atomic E-state index is 0.453. The number of hydrazine groups is 1. The van der Waals surface area contributed by atoms with Gasteiger partial charge in [0, 0.05) is 44.6 Å². The summed E-state index contributed by atoms with van der Waals surface area (Å²) < 4.78 is 2.11. The van der Waals surface area contributed by atoms with Crippen molar-refractivity contribution < 1.29 is 0 Å². The van der Waals surface area contributed by atoms with Gasteiger partial charge in [-0.05, 0) is 67.4 Å². The third kappa shape index (κ3) is 4.79. The van der Waals surface area contributed by atoms with Crippen molar-refractivity contribution in [3.63, 3.8) is 0 Å². The minimum Gasteiger partial charge on any atom is -0.383 e. The van der Waals surface area contributed by atoms with E-state index in [1.54, 1.807) is 6.20 Å². The summed E-state index contributed by atoms with van der Waals surface area (Å²) in [5.74, 6) is 1.20. The molecule has 37 heavy (non-hydrogen) atoms. The second-order valence-electron chi connectivity index (χ2n) is 9.54. The van der Waals surface area contributed by atoms with Crippen molar-refractivity contribution in [1.82, 2.24) is 34.9 Å². The number of pyridine rings is 2. The molecule has 3 aromatic heterocycles. The molecule has 1 aromatic carbocycles. The second kappa shape index (κ2) is 10.3. The predicted molar refractivity (Wildman–Crippen MR) is 149 cm³/mol. The number of hydrogen-bond donors (Lipinski definition) is 2. The molecule has 2 aliphatic rings. The summed E-state index contributed by atoms with van der Waals surface area (Å²) in [5, 5.41) is 2.26. The van der Waals surface area contributed by atoms with Crippen LogP contribution in [0.2, 0.25) is 0 Å². The van der Waals surface area contributed by atoms with Gasteiger partial charge in [-0.15, -0.1) is 0 Å². The highest BCUT2D eigenvalue weighted by molar-refractivity contribution is 5.85. The Morgan fingerprint density at radius 2 is 1.78 bits per heavy atom. The Labute approximate surface area is 217 Å². The van der Waals surface area contributed by atoms with Gasteiger partial charge in [0.15, 0.2) is 11.5 Å². The van der Waals surface area contributed by atoms with Crippen LogP contribution in [0.3, 0.4) is 0 Å². The highest BCUT2D eigenvalue weighted by Crippen LogP contribution is 2.31. The first-order valence-corrected chi connectivity index (χ1v) is 12.9. The number of nitrogen functional groups attached to an aromatic ring is 1. The van der Waals surface area contributed by atoms with E-state index in [9.17, 15) is 0 Å². The first kappa shape index (κ1) is 23.5. The van der Waals surface area contributed by atoms with Gasteiger partial charge in [0.25, 0.3) is 0 Å². The lowest BCUT2D eigenvalue weighted by atomic mass is 10.0. The molecule has 0 bridgehead atoms. The second-order valence-corrected chi connectivity index (χ2v) is 9.54. The minimum absolute atomic E-state index is 0.453. The Balaban J connectivity index is 1.39. The third-order valence-corrected chi connectivity index (χ3v) is 7.16. The van der Waals surface area contributed by atoms with Crippen LogP contribution in [-0.4, -0.2) is 62.7 Å². The normalized spacial score (nSPS) is 16.8. The lowest BCUT2D eigenvalue weighted by Crippen LogP contribution is -2.50. The molecule has 3 N–H and O–H groups in total. The molecule has 0 saturated carbocycles. The van der Waals surface area contributed by atoms with Gasteiger partial charge in [-0.25, -0.2) is 20.0 Å². The fourth-order valence-corrected chi connectivity index (χ4v) is 5.09. The van der Waals surface area contributed by atoms with E-state index in [1.165, 1.54) is 5.56 Å². The van der Waals surface area contributed by atoms with Gasteiger partial charge >= 0.3 is 0 Å². The summed E-state index contributed by atoms with van der Waals surface area (Å²) in [6, 6.07) is 16.7. The molecular formula is C29H32N8. The maximum Gasteiger partial charge on any atom is 0.165 e. The molecule has 4 aromatic rings. The average molecular weight is 493 g/mol. The zero-order valence-electron chi connectivity index (χ0n) is 21.1. The molecule has 0 unspecified atom stereocenters. The molecule has 6 rings (SSSR count). The molecule has 8 heteroatoms. The maximum atomic E-state index is 6.30. The molecule has 4 heterocycles. The largest absolute Gasteiger partial charge is 0.383 e. The molecule has 1 fully saturated rings. The number of anilines is 1. The van der Waals surface area contributed by atoms with E-state index in [1.807, 2.05) is 25.2 Å². The first-order valence-electron chi connectivity index (χ1n) is 12.9. The standard InChI is InChI=1S/C29H32N8/c1-31-36-18-16-35(17-19-36)20-21-9-11-23(12-10-21)37-28(24-8-5-15-32-27(24)30)34-26-14-13-25(33-29(26)37)22-6-3-2-4-7-22/h3,5-15,31H,2,4,16-20H2,1H3,(H2,30,32). The fourth-order valence-electron chi connectivity index (χ4n) is 5.09. The summed E-state index contributed by atoms with van der Waals surface area (Å²) in [6.07, 6.45) is 10.4. The monoisotopic (exact) mass is 492 g/mol. The van der Waals surface area contributed by atoms with Crippen molar-refractivity contribution in [3.8, 4) is 17.1 Å². The van der Waals surface area contributed by atoms with Crippen molar-refractivity contribution in [2.24, 2.45) is 0 Å². The van der Waals surface area contributed by atoms with Crippen LogP contribution in [0, 0.1) is 0 Å². The van der Waals surface area contributed by atoms with Crippen LogP contribution in [-0.2, 0) is 6.54 Å². The van der Waals surface area contributed by atoms with Gasteiger partial charge in [0.2, 0.25) is 0 Å². The Kier molecular flexibility index (Phi) is 6.53. The Morgan fingerprint density at radius 1 is 0.946 bits per heavy atom. The SMILES string of the molecule is CNN1CCN(Cc2ccc(-n3c(-c4cccnc4N)nc4ccc(C5=CCCC=C5)nc43)cc2)CC1. The molecule has 1 aliphatic carbocycles. The van der Waals surface area contributed by atoms with Gasteiger partial charge in [-0.3, -0.25) is 14.9 Å². The number of piperazine rings is 1. The number of aromatic nitrogens is 4. The van der Waals surface area contributed by atoms with Crippen LogP contribution in [0.25, 0.3) is 33.8 Å². The number of benzene rings is 1. The molecule has 0 atom stereocenters. The van der Waals surface area contributed by atoms with E-state index in [0.29, 0.717) is 5.82 Å². The molecule has 0 amide bonds. The Morgan fingerprint density at radius 3 is 2.51 bits per heavy atom. The van der Waals surface area contributed by atoms with Crippen LogP contribution in [0.1, 0.15) is 24.1 Å². The fraction of sp³-hybridized carbons (Fsp3) is 0.276. The number of nitrogens with two attached hydrogens (primary N) is 1. The molecule has 1 aliphatic heterocycles.